The van der Waals surface area contributed by atoms with Crippen LogP contribution >= 0.6 is 0 Å². The Morgan fingerprint density at radius 3 is 2.53 bits per heavy atom. The Kier molecular flexibility index (Phi) is 4.27. The van der Waals surface area contributed by atoms with Gasteiger partial charge < -0.3 is 10.2 Å². The zero-order valence-electron chi connectivity index (χ0n) is 12.8. The van der Waals surface area contributed by atoms with E-state index in [-0.39, 0.29) is 0 Å². The second-order valence-electron chi connectivity index (χ2n) is 5.78. The largest absolute Gasteiger partial charge is 0.370 e. The van der Waals surface area contributed by atoms with Gasteiger partial charge in [-0.1, -0.05) is 6.92 Å². The molecule has 19 heavy (non-hydrogen) atoms. The lowest BCUT2D eigenvalue weighted by atomic mass is 10.2. The van der Waals surface area contributed by atoms with Gasteiger partial charge in [-0.05, 0) is 40.0 Å². The molecule has 1 aromatic heterocycles. The summed E-state index contributed by atoms with van der Waals surface area (Å²) in [5.74, 6) is 3.69. The lowest BCUT2D eigenvalue weighted by Gasteiger charge is -2.26. The standard InChI is InChI=1S/C15H26N4/c1-6-9-16-13-11(4)15(19(5)10(2)3)18-14(17-13)12-7-8-12/h10,12H,6-9H2,1-5H3,(H,16,17,18). The molecule has 0 aromatic carbocycles. The molecule has 0 spiro atoms. The van der Waals surface area contributed by atoms with Crippen LogP contribution in [0.1, 0.15) is 57.3 Å². The monoisotopic (exact) mass is 262 g/mol. The van der Waals surface area contributed by atoms with Gasteiger partial charge in [0.2, 0.25) is 0 Å². The van der Waals surface area contributed by atoms with Crippen LogP contribution in [0.5, 0.6) is 0 Å². The van der Waals surface area contributed by atoms with Gasteiger partial charge in [-0.15, -0.1) is 0 Å². The van der Waals surface area contributed by atoms with Crippen molar-refractivity contribution in [2.75, 3.05) is 23.8 Å². The van der Waals surface area contributed by atoms with E-state index in [1.54, 1.807) is 0 Å². The van der Waals surface area contributed by atoms with Gasteiger partial charge in [0.25, 0.3) is 0 Å². The van der Waals surface area contributed by atoms with Gasteiger partial charge in [-0.3, -0.25) is 0 Å². The first-order valence-electron chi connectivity index (χ1n) is 7.39. The number of anilines is 2. The van der Waals surface area contributed by atoms with Crippen LogP contribution in [-0.4, -0.2) is 29.6 Å². The molecule has 4 heteroatoms. The minimum absolute atomic E-state index is 0.444. The normalized spacial score (nSPS) is 14.8. The average Bonchev–Trinajstić information content (AvgIpc) is 3.21. The van der Waals surface area contributed by atoms with E-state index in [2.05, 4.69) is 45.0 Å². The molecule has 0 aliphatic heterocycles. The van der Waals surface area contributed by atoms with E-state index in [0.717, 1.165) is 36.0 Å². The van der Waals surface area contributed by atoms with E-state index in [1.807, 2.05) is 0 Å². The van der Waals surface area contributed by atoms with Gasteiger partial charge in [-0.2, -0.15) is 0 Å². The zero-order chi connectivity index (χ0) is 14.0. The van der Waals surface area contributed by atoms with Crippen LogP contribution < -0.4 is 10.2 Å². The number of hydrogen-bond donors (Lipinski definition) is 1. The summed E-state index contributed by atoms with van der Waals surface area (Å²) < 4.78 is 0. The summed E-state index contributed by atoms with van der Waals surface area (Å²) in [6.07, 6.45) is 3.58. The number of hydrogen-bond acceptors (Lipinski definition) is 4. The first-order valence-corrected chi connectivity index (χ1v) is 7.39. The molecule has 2 rings (SSSR count). The van der Waals surface area contributed by atoms with E-state index in [4.69, 9.17) is 9.97 Å². The molecule has 0 radical (unpaired) electrons. The Morgan fingerprint density at radius 1 is 1.32 bits per heavy atom. The zero-order valence-corrected chi connectivity index (χ0v) is 12.8. The molecule has 1 aromatic rings. The fraction of sp³-hybridized carbons (Fsp3) is 0.733. The summed E-state index contributed by atoms with van der Waals surface area (Å²) in [7, 11) is 2.11. The SMILES string of the molecule is CCCNc1nc(C2CC2)nc(N(C)C(C)C)c1C. The third kappa shape index (κ3) is 3.17. The van der Waals surface area contributed by atoms with Crippen molar-refractivity contribution in [1.82, 2.24) is 9.97 Å². The molecule has 1 aliphatic carbocycles. The third-order valence-electron chi connectivity index (χ3n) is 3.73. The van der Waals surface area contributed by atoms with Crippen molar-refractivity contribution in [3.05, 3.63) is 11.4 Å². The summed E-state index contributed by atoms with van der Waals surface area (Å²) >= 11 is 0. The Balaban J connectivity index is 2.36. The Morgan fingerprint density at radius 2 is 2.00 bits per heavy atom. The van der Waals surface area contributed by atoms with E-state index in [0.29, 0.717) is 12.0 Å². The fourth-order valence-electron chi connectivity index (χ4n) is 2.05. The second-order valence-corrected chi connectivity index (χ2v) is 5.78. The molecule has 106 valence electrons. The van der Waals surface area contributed by atoms with Crippen molar-refractivity contribution in [3.8, 4) is 0 Å². The van der Waals surface area contributed by atoms with Gasteiger partial charge >= 0.3 is 0 Å². The predicted octanol–water partition coefficient (Wildman–Crippen LogP) is 3.33. The molecule has 4 nitrogen and oxygen atoms in total. The van der Waals surface area contributed by atoms with Crippen molar-refractivity contribution in [2.45, 2.75) is 58.9 Å². The van der Waals surface area contributed by atoms with Gasteiger partial charge in [0.05, 0.1) is 0 Å². The van der Waals surface area contributed by atoms with Crippen molar-refractivity contribution >= 4 is 11.6 Å². The third-order valence-corrected chi connectivity index (χ3v) is 3.73. The lowest BCUT2D eigenvalue weighted by molar-refractivity contribution is 0.731. The summed E-state index contributed by atoms with van der Waals surface area (Å²) in [6.45, 7) is 9.64. The van der Waals surface area contributed by atoms with Crippen LogP contribution in [0.25, 0.3) is 0 Å². The quantitative estimate of drug-likeness (QED) is 0.853. The molecular weight excluding hydrogens is 236 g/mol. The molecule has 1 heterocycles. The number of nitrogens with one attached hydrogen (secondary N) is 1. The van der Waals surface area contributed by atoms with Crippen LogP contribution in [0.4, 0.5) is 11.6 Å². The minimum atomic E-state index is 0.444. The van der Waals surface area contributed by atoms with E-state index in [1.165, 1.54) is 12.8 Å². The van der Waals surface area contributed by atoms with Crippen LogP contribution in [0.2, 0.25) is 0 Å². The lowest BCUT2D eigenvalue weighted by Crippen LogP contribution is -2.28. The first kappa shape index (κ1) is 14.1. The molecule has 0 atom stereocenters. The predicted molar refractivity (Wildman–Crippen MR) is 81.1 cm³/mol. The summed E-state index contributed by atoms with van der Waals surface area (Å²) in [5.41, 5.74) is 1.16. The topological polar surface area (TPSA) is 41.1 Å². The molecule has 1 N–H and O–H groups in total. The highest BCUT2D eigenvalue weighted by atomic mass is 15.2. The van der Waals surface area contributed by atoms with Crippen molar-refractivity contribution in [3.63, 3.8) is 0 Å². The van der Waals surface area contributed by atoms with Crippen LogP contribution in [-0.2, 0) is 0 Å². The Hall–Kier alpha value is -1.32. The summed E-state index contributed by atoms with van der Waals surface area (Å²) in [4.78, 5) is 11.8. The Bertz CT molecular complexity index is 438. The van der Waals surface area contributed by atoms with Crippen molar-refractivity contribution in [1.29, 1.82) is 0 Å². The van der Waals surface area contributed by atoms with Gasteiger partial charge in [0, 0.05) is 31.1 Å². The van der Waals surface area contributed by atoms with Crippen LogP contribution in [0.3, 0.4) is 0 Å². The maximum Gasteiger partial charge on any atom is 0.137 e. The summed E-state index contributed by atoms with van der Waals surface area (Å²) in [6, 6.07) is 0.444. The van der Waals surface area contributed by atoms with Crippen molar-refractivity contribution < 1.29 is 0 Å². The smallest absolute Gasteiger partial charge is 0.137 e. The number of rotatable bonds is 6. The molecule has 1 saturated carbocycles. The average molecular weight is 262 g/mol. The molecule has 0 saturated heterocycles. The number of nitrogens with zero attached hydrogens (tertiary/aromatic N) is 3. The highest BCUT2D eigenvalue weighted by Gasteiger charge is 2.29. The molecule has 1 aliphatic rings. The van der Waals surface area contributed by atoms with Gasteiger partial charge in [0.1, 0.15) is 17.5 Å². The Labute approximate surface area is 116 Å². The van der Waals surface area contributed by atoms with Crippen LogP contribution in [0, 0.1) is 6.92 Å². The molecule has 0 amide bonds. The molecule has 0 bridgehead atoms. The number of aromatic nitrogens is 2. The first-order chi connectivity index (χ1) is 9.04. The van der Waals surface area contributed by atoms with E-state index in [9.17, 15) is 0 Å². The van der Waals surface area contributed by atoms with Crippen molar-refractivity contribution in [2.24, 2.45) is 0 Å². The van der Waals surface area contributed by atoms with Gasteiger partial charge in [-0.25, -0.2) is 9.97 Å². The minimum Gasteiger partial charge on any atom is -0.370 e. The molecule has 0 unspecified atom stereocenters. The highest BCUT2D eigenvalue weighted by molar-refractivity contribution is 5.59. The van der Waals surface area contributed by atoms with E-state index >= 15 is 0 Å². The van der Waals surface area contributed by atoms with E-state index < -0.39 is 0 Å². The second kappa shape index (κ2) is 5.76. The highest BCUT2D eigenvalue weighted by Crippen LogP contribution is 2.40. The maximum atomic E-state index is 4.80. The summed E-state index contributed by atoms with van der Waals surface area (Å²) in [5, 5.41) is 3.44. The van der Waals surface area contributed by atoms with Crippen LogP contribution in [0.15, 0.2) is 0 Å². The molecule has 1 fully saturated rings. The fourth-order valence-corrected chi connectivity index (χ4v) is 2.05. The van der Waals surface area contributed by atoms with Gasteiger partial charge in [0.15, 0.2) is 0 Å². The molecular formula is C15H26N4. The maximum absolute atomic E-state index is 4.80.